The van der Waals surface area contributed by atoms with Gasteiger partial charge >= 0.3 is 0 Å². The third-order valence-electron chi connectivity index (χ3n) is 3.23. The standard InChI is InChI=1S/C15H22ClNO3S/c1-9(2)6-12(5)17-15(18)13-8-14(21(16,19)20)11(4)7-10(13)3/h7-9,12H,6H2,1-5H3,(H,17,18). The second-order valence-corrected chi connectivity index (χ2v) is 8.41. The van der Waals surface area contributed by atoms with Crippen molar-refractivity contribution in [2.45, 2.75) is 52.0 Å². The van der Waals surface area contributed by atoms with E-state index in [9.17, 15) is 13.2 Å². The number of carbonyl (C=O) groups is 1. The SMILES string of the molecule is Cc1cc(C)c(S(=O)(=O)Cl)cc1C(=O)NC(C)CC(C)C. The summed E-state index contributed by atoms with van der Waals surface area (Å²) >= 11 is 0. The molecule has 0 saturated heterocycles. The van der Waals surface area contributed by atoms with E-state index in [0.717, 1.165) is 12.0 Å². The van der Waals surface area contributed by atoms with Crippen LogP contribution in [0, 0.1) is 19.8 Å². The van der Waals surface area contributed by atoms with E-state index in [1.54, 1.807) is 19.9 Å². The molecule has 0 bridgehead atoms. The molecule has 0 aliphatic rings. The minimum absolute atomic E-state index is 0.0172. The zero-order chi connectivity index (χ0) is 16.4. The minimum Gasteiger partial charge on any atom is -0.350 e. The Bertz CT molecular complexity index is 639. The molecule has 1 unspecified atom stereocenters. The van der Waals surface area contributed by atoms with Gasteiger partial charge in [0.2, 0.25) is 0 Å². The molecular weight excluding hydrogens is 310 g/mol. The highest BCUT2D eigenvalue weighted by molar-refractivity contribution is 8.13. The van der Waals surface area contributed by atoms with E-state index in [1.165, 1.54) is 6.07 Å². The van der Waals surface area contributed by atoms with Crippen LogP contribution >= 0.6 is 10.7 Å². The van der Waals surface area contributed by atoms with Gasteiger partial charge in [-0.05, 0) is 50.3 Å². The Morgan fingerprint density at radius 1 is 1.19 bits per heavy atom. The van der Waals surface area contributed by atoms with Crippen molar-refractivity contribution in [3.8, 4) is 0 Å². The normalized spacial score (nSPS) is 13.3. The third-order valence-corrected chi connectivity index (χ3v) is 4.70. The fraction of sp³-hybridized carbons (Fsp3) is 0.533. The lowest BCUT2D eigenvalue weighted by molar-refractivity contribution is 0.0935. The maximum atomic E-state index is 12.3. The number of benzene rings is 1. The summed E-state index contributed by atoms with van der Waals surface area (Å²) in [6, 6.07) is 3.04. The highest BCUT2D eigenvalue weighted by Crippen LogP contribution is 2.23. The summed E-state index contributed by atoms with van der Waals surface area (Å²) in [5.41, 5.74) is 1.61. The van der Waals surface area contributed by atoms with Gasteiger partial charge in [-0.25, -0.2) is 8.42 Å². The maximum absolute atomic E-state index is 12.3. The zero-order valence-corrected chi connectivity index (χ0v) is 14.6. The molecule has 4 nitrogen and oxygen atoms in total. The number of aryl methyl sites for hydroxylation is 2. The molecule has 0 aliphatic carbocycles. The molecular formula is C15H22ClNO3S. The third kappa shape index (κ3) is 5.00. The summed E-state index contributed by atoms with van der Waals surface area (Å²) in [6.45, 7) is 9.53. The molecule has 1 atom stereocenters. The molecule has 0 aliphatic heterocycles. The lowest BCUT2D eigenvalue weighted by Gasteiger charge is -2.17. The molecule has 0 radical (unpaired) electrons. The Balaban J connectivity index is 3.10. The summed E-state index contributed by atoms with van der Waals surface area (Å²) < 4.78 is 23.1. The maximum Gasteiger partial charge on any atom is 0.261 e. The molecule has 1 aromatic rings. The molecule has 21 heavy (non-hydrogen) atoms. The van der Waals surface area contributed by atoms with E-state index in [1.807, 2.05) is 6.92 Å². The Hall–Kier alpha value is -1.07. The number of hydrogen-bond acceptors (Lipinski definition) is 3. The van der Waals surface area contributed by atoms with E-state index < -0.39 is 9.05 Å². The number of carbonyl (C=O) groups excluding carboxylic acids is 1. The molecule has 118 valence electrons. The van der Waals surface area contributed by atoms with E-state index in [4.69, 9.17) is 10.7 Å². The van der Waals surface area contributed by atoms with Crippen molar-refractivity contribution in [3.05, 3.63) is 28.8 Å². The highest BCUT2D eigenvalue weighted by atomic mass is 35.7. The van der Waals surface area contributed by atoms with Crippen molar-refractivity contribution in [2.75, 3.05) is 0 Å². The molecule has 0 fully saturated rings. The molecule has 1 aromatic carbocycles. The zero-order valence-electron chi connectivity index (χ0n) is 13.0. The van der Waals surface area contributed by atoms with Crippen LogP contribution in [0.5, 0.6) is 0 Å². The summed E-state index contributed by atoms with van der Waals surface area (Å²) in [5, 5.41) is 2.89. The second-order valence-electron chi connectivity index (χ2n) is 5.87. The Morgan fingerprint density at radius 2 is 1.76 bits per heavy atom. The predicted molar refractivity (Wildman–Crippen MR) is 85.3 cm³/mol. The molecule has 1 amide bonds. The van der Waals surface area contributed by atoms with Gasteiger partial charge in [-0.1, -0.05) is 19.9 Å². The van der Waals surface area contributed by atoms with Gasteiger partial charge < -0.3 is 5.32 Å². The number of rotatable bonds is 5. The van der Waals surface area contributed by atoms with Crippen molar-refractivity contribution in [2.24, 2.45) is 5.92 Å². The Morgan fingerprint density at radius 3 is 2.24 bits per heavy atom. The number of amides is 1. The monoisotopic (exact) mass is 331 g/mol. The molecule has 0 spiro atoms. The average Bonchev–Trinajstić information content (AvgIpc) is 2.24. The number of hydrogen-bond donors (Lipinski definition) is 1. The predicted octanol–water partition coefficient (Wildman–Crippen LogP) is 3.40. The Kier molecular flexibility index (Phi) is 5.82. The van der Waals surface area contributed by atoms with Crippen molar-refractivity contribution in [1.82, 2.24) is 5.32 Å². The lowest BCUT2D eigenvalue weighted by Crippen LogP contribution is -2.34. The van der Waals surface area contributed by atoms with Crippen LogP contribution in [0.2, 0.25) is 0 Å². The minimum atomic E-state index is -3.86. The first-order valence-corrected chi connectivity index (χ1v) is 9.20. The highest BCUT2D eigenvalue weighted by Gasteiger charge is 2.20. The van der Waals surface area contributed by atoms with E-state index in [-0.39, 0.29) is 16.8 Å². The molecule has 1 N–H and O–H groups in total. The Labute approximate surface area is 131 Å². The van der Waals surface area contributed by atoms with Gasteiger partial charge in [0, 0.05) is 22.3 Å². The molecule has 6 heteroatoms. The van der Waals surface area contributed by atoms with Crippen LogP contribution in [0.4, 0.5) is 0 Å². The smallest absolute Gasteiger partial charge is 0.261 e. The van der Waals surface area contributed by atoms with Crippen LogP contribution in [0.1, 0.15) is 48.7 Å². The first-order valence-electron chi connectivity index (χ1n) is 6.89. The van der Waals surface area contributed by atoms with Crippen LogP contribution in [0.25, 0.3) is 0 Å². The van der Waals surface area contributed by atoms with Crippen molar-refractivity contribution >= 4 is 25.6 Å². The summed E-state index contributed by atoms with van der Waals surface area (Å²) in [6.07, 6.45) is 0.858. The van der Waals surface area contributed by atoms with Gasteiger partial charge in [0.1, 0.15) is 0 Å². The second kappa shape index (κ2) is 6.79. The fourth-order valence-corrected chi connectivity index (χ4v) is 3.61. The van der Waals surface area contributed by atoms with E-state index in [0.29, 0.717) is 17.0 Å². The van der Waals surface area contributed by atoms with Gasteiger partial charge in [-0.3, -0.25) is 4.79 Å². The molecule has 0 saturated carbocycles. The van der Waals surface area contributed by atoms with Crippen LogP contribution < -0.4 is 5.32 Å². The molecule has 1 rings (SSSR count). The van der Waals surface area contributed by atoms with E-state index >= 15 is 0 Å². The molecule has 0 aromatic heterocycles. The first kappa shape index (κ1) is 18.0. The van der Waals surface area contributed by atoms with Gasteiger partial charge in [-0.2, -0.15) is 0 Å². The van der Waals surface area contributed by atoms with Crippen LogP contribution in [0.15, 0.2) is 17.0 Å². The quantitative estimate of drug-likeness (QED) is 0.841. The van der Waals surface area contributed by atoms with Gasteiger partial charge in [0.05, 0.1) is 4.90 Å². The van der Waals surface area contributed by atoms with Gasteiger partial charge in [0.25, 0.3) is 15.0 Å². The van der Waals surface area contributed by atoms with Crippen LogP contribution in [-0.4, -0.2) is 20.4 Å². The van der Waals surface area contributed by atoms with Crippen LogP contribution in [0.3, 0.4) is 0 Å². The summed E-state index contributed by atoms with van der Waals surface area (Å²) in [7, 11) is 1.55. The van der Waals surface area contributed by atoms with Gasteiger partial charge in [-0.15, -0.1) is 0 Å². The van der Waals surface area contributed by atoms with Gasteiger partial charge in [0.15, 0.2) is 0 Å². The number of nitrogens with one attached hydrogen (secondary N) is 1. The first-order chi connectivity index (χ1) is 9.52. The lowest BCUT2D eigenvalue weighted by atomic mass is 10.0. The summed E-state index contributed by atoms with van der Waals surface area (Å²) in [4.78, 5) is 12.3. The topological polar surface area (TPSA) is 63.2 Å². The fourth-order valence-electron chi connectivity index (χ4n) is 2.41. The van der Waals surface area contributed by atoms with Crippen molar-refractivity contribution < 1.29 is 13.2 Å². The molecule has 0 heterocycles. The van der Waals surface area contributed by atoms with Crippen molar-refractivity contribution in [1.29, 1.82) is 0 Å². The largest absolute Gasteiger partial charge is 0.350 e. The van der Waals surface area contributed by atoms with Crippen LogP contribution in [-0.2, 0) is 9.05 Å². The van der Waals surface area contributed by atoms with Crippen molar-refractivity contribution in [3.63, 3.8) is 0 Å². The van der Waals surface area contributed by atoms with E-state index in [2.05, 4.69) is 19.2 Å². The summed E-state index contributed by atoms with van der Waals surface area (Å²) in [5.74, 6) is 0.195. The number of halogens is 1. The average molecular weight is 332 g/mol.